The molecule has 0 aliphatic carbocycles. The summed E-state index contributed by atoms with van der Waals surface area (Å²) in [6.45, 7) is 4.37. The number of hydrogen-bond donors (Lipinski definition) is 2. The number of halogens is 1. The number of nitrogens with one attached hydrogen (secondary N) is 1. The van der Waals surface area contributed by atoms with E-state index < -0.39 is 0 Å². The van der Waals surface area contributed by atoms with Gasteiger partial charge in [-0.15, -0.1) is 0 Å². The molecule has 0 spiro atoms. The first kappa shape index (κ1) is 11.6. The van der Waals surface area contributed by atoms with Crippen molar-refractivity contribution in [1.82, 2.24) is 0 Å². The van der Waals surface area contributed by atoms with Crippen molar-refractivity contribution in [2.24, 2.45) is 0 Å². The first-order valence-electron chi connectivity index (χ1n) is 4.99. The van der Waals surface area contributed by atoms with Gasteiger partial charge in [0.05, 0.1) is 11.4 Å². The summed E-state index contributed by atoms with van der Waals surface area (Å²) in [6.07, 6.45) is 2.25. The minimum absolute atomic E-state index is 0.525. The van der Waals surface area contributed by atoms with Gasteiger partial charge in [0, 0.05) is 9.61 Å². The largest absolute Gasteiger partial charge is 0.397 e. The van der Waals surface area contributed by atoms with Crippen molar-refractivity contribution in [3.8, 4) is 0 Å². The van der Waals surface area contributed by atoms with E-state index in [1.807, 2.05) is 6.07 Å². The molecule has 0 aliphatic heterocycles. The third kappa shape index (κ3) is 3.04. The fraction of sp³-hybridized carbons (Fsp3) is 0.455. The molecule has 0 bridgehead atoms. The lowest BCUT2D eigenvalue weighted by Gasteiger charge is -2.17. The topological polar surface area (TPSA) is 38.0 Å². The van der Waals surface area contributed by atoms with E-state index >= 15 is 0 Å². The van der Waals surface area contributed by atoms with Crippen LogP contribution in [0.5, 0.6) is 0 Å². The molecule has 0 atom stereocenters. The molecule has 1 aromatic rings. The molecular formula is C11H17IN2. The van der Waals surface area contributed by atoms with Crippen LogP contribution in [0.3, 0.4) is 0 Å². The Morgan fingerprint density at radius 2 is 2.00 bits per heavy atom. The molecule has 0 heterocycles. The molecule has 3 heteroatoms. The Kier molecular flexibility index (Phi) is 4.51. The Morgan fingerprint density at radius 3 is 2.50 bits per heavy atom. The maximum atomic E-state index is 5.91. The molecular weight excluding hydrogens is 287 g/mol. The monoisotopic (exact) mass is 304 g/mol. The highest BCUT2D eigenvalue weighted by Crippen LogP contribution is 2.22. The second-order valence-corrected chi connectivity index (χ2v) is 4.63. The van der Waals surface area contributed by atoms with Gasteiger partial charge in [0.1, 0.15) is 0 Å². The average Bonchev–Trinajstić information content (AvgIpc) is 2.17. The third-order valence-electron chi connectivity index (χ3n) is 2.36. The Balaban J connectivity index is 2.76. The maximum absolute atomic E-state index is 5.91. The summed E-state index contributed by atoms with van der Waals surface area (Å²) < 4.78 is 1.18. The number of hydrogen-bond acceptors (Lipinski definition) is 2. The first-order chi connectivity index (χ1) is 6.67. The molecule has 1 rings (SSSR count). The molecule has 0 saturated carbocycles. The number of rotatable bonds is 4. The van der Waals surface area contributed by atoms with Crippen LogP contribution in [-0.2, 0) is 0 Å². The molecule has 3 N–H and O–H groups in total. The van der Waals surface area contributed by atoms with Gasteiger partial charge < -0.3 is 11.1 Å². The number of benzene rings is 1. The van der Waals surface area contributed by atoms with Gasteiger partial charge in [0.25, 0.3) is 0 Å². The van der Waals surface area contributed by atoms with Gasteiger partial charge in [-0.1, -0.05) is 13.8 Å². The Labute approximate surface area is 99.4 Å². The fourth-order valence-electron chi connectivity index (χ4n) is 1.38. The molecule has 0 aliphatic rings. The number of nitrogens with two attached hydrogens (primary N) is 1. The van der Waals surface area contributed by atoms with Crippen LogP contribution in [-0.4, -0.2) is 6.04 Å². The summed E-state index contributed by atoms with van der Waals surface area (Å²) in [7, 11) is 0. The van der Waals surface area contributed by atoms with Crippen molar-refractivity contribution in [2.75, 3.05) is 11.1 Å². The quantitative estimate of drug-likeness (QED) is 0.660. The molecule has 0 aromatic heterocycles. The van der Waals surface area contributed by atoms with Crippen LogP contribution in [0, 0.1) is 3.57 Å². The van der Waals surface area contributed by atoms with Crippen molar-refractivity contribution in [3.63, 3.8) is 0 Å². The molecule has 78 valence electrons. The normalized spacial score (nSPS) is 10.6. The molecule has 14 heavy (non-hydrogen) atoms. The molecule has 0 fully saturated rings. The Hall–Kier alpha value is -0.450. The van der Waals surface area contributed by atoms with Crippen molar-refractivity contribution >= 4 is 34.0 Å². The SMILES string of the molecule is CCC(CC)Nc1ccc(I)cc1N. The van der Waals surface area contributed by atoms with Crippen molar-refractivity contribution in [2.45, 2.75) is 32.7 Å². The summed E-state index contributed by atoms with van der Waals surface area (Å²) in [5.41, 5.74) is 7.80. The second kappa shape index (κ2) is 5.44. The van der Waals surface area contributed by atoms with E-state index in [9.17, 15) is 0 Å². The standard InChI is InChI=1S/C11H17IN2/c1-3-9(4-2)14-11-6-5-8(12)7-10(11)13/h5-7,9,14H,3-4,13H2,1-2H3. The highest BCUT2D eigenvalue weighted by atomic mass is 127. The minimum Gasteiger partial charge on any atom is -0.397 e. The molecule has 0 amide bonds. The summed E-state index contributed by atoms with van der Waals surface area (Å²) >= 11 is 2.27. The van der Waals surface area contributed by atoms with Gasteiger partial charge in [0.2, 0.25) is 0 Å². The Morgan fingerprint density at radius 1 is 1.36 bits per heavy atom. The average molecular weight is 304 g/mol. The van der Waals surface area contributed by atoms with Crippen LogP contribution in [0.25, 0.3) is 0 Å². The van der Waals surface area contributed by atoms with Crippen molar-refractivity contribution in [3.05, 3.63) is 21.8 Å². The summed E-state index contributed by atoms with van der Waals surface area (Å²) in [6, 6.07) is 6.64. The molecule has 2 nitrogen and oxygen atoms in total. The zero-order valence-corrected chi connectivity index (χ0v) is 10.8. The van der Waals surface area contributed by atoms with Crippen LogP contribution in [0.4, 0.5) is 11.4 Å². The predicted octanol–water partition coefficient (Wildman–Crippen LogP) is 3.47. The highest BCUT2D eigenvalue weighted by Gasteiger charge is 2.05. The van der Waals surface area contributed by atoms with E-state index in [4.69, 9.17) is 5.73 Å². The van der Waals surface area contributed by atoms with E-state index in [0.717, 1.165) is 24.2 Å². The zero-order valence-electron chi connectivity index (χ0n) is 8.68. The lowest BCUT2D eigenvalue weighted by Crippen LogP contribution is -2.17. The molecule has 1 aromatic carbocycles. The van der Waals surface area contributed by atoms with Crippen LogP contribution in [0.2, 0.25) is 0 Å². The van der Waals surface area contributed by atoms with Crippen molar-refractivity contribution < 1.29 is 0 Å². The highest BCUT2D eigenvalue weighted by molar-refractivity contribution is 14.1. The van der Waals surface area contributed by atoms with Crippen LogP contribution >= 0.6 is 22.6 Å². The summed E-state index contributed by atoms with van der Waals surface area (Å²) in [4.78, 5) is 0. The van der Waals surface area contributed by atoms with E-state index in [0.29, 0.717) is 6.04 Å². The third-order valence-corrected chi connectivity index (χ3v) is 3.03. The van der Waals surface area contributed by atoms with Gasteiger partial charge in [-0.05, 0) is 53.6 Å². The van der Waals surface area contributed by atoms with Gasteiger partial charge >= 0.3 is 0 Å². The summed E-state index contributed by atoms with van der Waals surface area (Å²) in [5, 5.41) is 3.45. The molecule has 0 radical (unpaired) electrons. The van der Waals surface area contributed by atoms with E-state index in [1.54, 1.807) is 0 Å². The first-order valence-corrected chi connectivity index (χ1v) is 6.06. The fourth-order valence-corrected chi connectivity index (χ4v) is 1.89. The number of anilines is 2. The van der Waals surface area contributed by atoms with Crippen molar-refractivity contribution in [1.29, 1.82) is 0 Å². The Bertz CT molecular complexity index is 295. The van der Waals surface area contributed by atoms with E-state index in [1.165, 1.54) is 3.57 Å². The van der Waals surface area contributed by atoms with E-state index in [2.05, 4.69) is 53.9 Å². The van der Waals surface area contributed by atoms with E-state index in [-0.39, 0.29) is 0 Å². The smallest absolute Gasteiger partial charge is 0.0576 e. The maximum Gasteiger partial charge on any atom is 0.0576 e. The van der Waals surface area contributed by atoms with Gasteiger partial charge in [-0.25, -0.2) is 0 Å². The van der Waals surface area contributed by atoms with Crippen LogP contribution in [0.1, 0.15) is 26.7 Å². The number of nitrogen functional groups attached to an aromatic ring is 1. The summed E-state index contributed by atoms with van der Waals surface area (Å²) in [5.74, 6) is 0. The van der Waals surface area contributed by atoms with Crippen LogP contribution < -0.4 is 11.1 Å². The lowest BCUT2D eigenvalue weighted by atomic mass is 10.1. The minimum atomic E-state index is 0.525. The van der Waals surface area contributed by atoms with Gasteiger partial charge in [-0.2, -0.15) is 0 Å². The second-order valence-electron chi connectivity index (χ2n) is 3.39. The lowest BCUT2D eigenvalue weighted by molar-refractivity contribution is 0.672. The molecule has 0 saturated heterocycles. The van der Waals surface area contributed by atoms with Gasteiger partial charge in [0.15, 0.2) is 0 Å². The molecule has 0 unspecified atom stereocenters. The van der Waals surface area contributed by atoms with Gasteiger partial charge in [-0.3, -0.25) is 0 Å². The van der Waals surface area contributed by atoms with Crippen LogP contribution in [0.15, 0.2) is 18.2 Å². The predicted molar refractivity (Wildman–Crippen MR) is 71.6 cm³/mol. The zero-order chi connectivity index (χ0) is 10.6.